The lowest BCUT2D eigenvalue weighted by Gasteiger charge is -2.19. The highest BCUT2D eigenvalue weighted by atomic mass is 79.9. The van der Waals surface area contributed by atoms with E-state index in [9.17, 15) is 9.59 Å². The van der Waals surface area contributed by atoms with Crippen LogP contribution in [0.3, 0.4) is 0 Å². The van der Waals surface area contributed by atoms with E-state index >= 15 is 0 Å². The van der Waals surface area contributed by atoms with Gasteiger partial charge in [0.15, 0.2) is 0 Å². The third-order valence-electron chi connectivity index (χ3n) is 4.22. The molecule has 0 aromatic heterocycles. The average molecular weight is 398 g/mol. The molecule has 2 atom stereocenters. The Morgan fingerprint density at radius 3 is 3.04 bits per heavy atom. The fourth-order valence-corrected chi connectivity index (χ4v) is 4.28. The number of carbonyl (C=O) groups is 2. The molecule has 2 aliphatic heterocycles. The summed E-state index contributed by atoms with van der Waals surface area (Å²) in [6, 6.07) is 7.24. The zero-order valence-electron chi connectivity index (χ0n) is 12.8. The standard InChI is InChI=1S/C16H20BrN3O2S/c17-13-3-1-2-12(7-13)15(21)19-9-11-6-14(18-8-11)16(22)20-4-5-23-10-20/h1-3,7,11,14,18H,4-6,8-10H2,(H,19,21). The Morgan fingerprint density at radius 1 is 1.43 bits per heavy atom. The molecule has 2 N–H and O–H groups in total. The van der Waals surface area contributed by atoms with Gasteiger partial charge in [0, 0.05) is 35.4 Å². The van der Waals surface area contributed by atoms with Gasteiger partial charge < -0.3 is 15.5 Å². The van der Waals surface area contributed by atoms with Crippen LogP contribution in [-0.2, 0) is 4.79 Å². The van der Waals surface area contributed by atoms with Crippen molar-refractivity contribution in [3.8, 4) is 0 Å². The summed E-state index contributed by atoms with van der Waals surface area (Å²) in [6.07, 6.45) is 0.790. The van der Waals surface area contributed by atoms with Gasteiger partial charge in [-0.25, -0.2) is 0 Å². The van der Waals surface area contributed by atoms with Gasteiger partial charge in [0.1, 0.15) is 0 Å². The zero-order chi connectivity index (χ0) is 16.2. The molecule has 124 valence electrons. The van der Waals surface area contributed by atoms with Crippen LogP contribution in [0.1, 0.15) is 16.8 Å². The van der Waals surface area contributed by atoms with E-state index in [0.29, 0.717) is 18.0 Å². The summed E-state index contributed by atoms with van der Waals surface area (Å²) in [5, 5.41) is 6.27. The van der Waals surface area contributed by atoms with Crippen molar-refractivity contribution in [3.63, 3.8) is 0 Å². The molecule has 2 amide bonds. The van der Waals surface area contributed by atoms with E-state index in [-0.39, 0.29) is 17.9 Å². The average Bonchev–Trinajstić information content (AvgIpc) is 3.23. The molecule has 2 heterocycles. The van der Waals surface area contributed by atoms with Gasteiger partial charge in [-0.15, -0.1) is 11.8 Å². The lowest BCUT2D eigenvalue weighted by atomic mass is 10.0. The van der Waals surface area contributed by atoms with E-state index in [0.717, 1.165) is 35.6 Å². The third kappa shape index (κ3) is 4.28. The minimum absolute atomic E-state index is 0.0722. The van der Waals surface area contributed by atoms with Crippen molar-refractivity contribution >= 4 is 39.5 Å². The second-order valence-electron chi connectivity index (χ2n) is 5.92. The van der Waals surface area contributed by atoms with Crippen molar-refractivity contribution in [2.45, 2.75) is 12.5 Å². The predicted octanol–water partition coefficient (Wildman–Crippen LogP) is 1.69. The lowest BCUT2D eigenvalue weighted by molar-refractivity contribution is -0.131. The monoisotopic (exact) mass is 397 g/mol. The highest BCUT2D eigenvalue weighted by Gasteiger charge is 2.33. The van der Waals surface area contributed by atoms with Gasteiger partial charge in [0.2, 0.25) is 5.91 Å². The van der Waals surface area contributed by atoms with Crippen LogP contribution < -0.4 is 10.6 Å². The molecule has 0 spiro atoms. The van der Waals surface area contributed by atoms with Gasteiger partial charge in [-0.3, -0.25) is 9.59 Å². The van der Waals surface area contributed by atoms with Crippen LogP contribution in [0, 0.1) is 5.92 Å². The van der Waals surface area contributed by atoms with E-state index in [1.807, 2.05) is 17.0 Å². The van der Waals surface area contributed by atoms with Crippen molar-refractivity contribution in [2.24, 2.45) is 5.92 Å². The maximum absolute atomic E-state index is 12.3. The SMILES string of the molecule is O=C(NCC1CNC(C(=O)N2CCSC2)C1)c1cccc(Br)c1. The number of halogens is 1. The summed E-state index contributed by atoms with van der Waals surface area (Å²) < 4.78 is 0.891. The summed E-state index contributed by atoms with van der Waals surface area (Å²) in [4.78, 5) is 26.4. The van der Waals surface area contributed by atoms with E-state index in [1.54, 1.807) is 23.9 Å². The van der Waals surface area contributed by atoms with Crippen molar-refractivity contribution < 1.29 is 9.59 Å². The first-order chi connectivity index (χ1) is 11.1. The third-order valence-corrected chi connectivity index (χ3v) is 5.68. The molecule has 23 heavy (non-hydrogen) atoms. The van der Waals surface area contributed by atoms with Crippen molar-refractivity contribution in [1.82, 2.24) is 15.5 Å². The first kappa shape index (κ1) is 16.8. The highest BCUT2D eigenvalue weighted by Crippen LogP contribution is 2.20. The van der Waals surface area contributed by atoms with E-state index in [1.165, 1.54) is 0 Å². The largest absolute Gasteiger partial charge is 0.352 e. The molecule has 2 fully saturated rings. The molecule has 0 saturated carbocycles. The molecule has 0 aliphatic carbocycles. The summed E-state index contributed by atoms with van der Waals surface area (Å²) in [7, 11) is 0. The number of carbonyl (C=O) groups excluding carboxylic acids is 2. The van der Waals surface area contributed by atoms with Gasteiger partial charge in [-0.2, -0.15) is 0 Å². The second kappa shape index (κ2) is 7.68. The van der Waals surface area contributed by atoms with Crippen molar-refractivity contribution in [3.05, 3.63) is 34.3 Å². The Kier molecular flexibility index (Phi) is 5.61. The van der Waals surface area contributed by atoms with Gasteiger partial charge in [-0.1, -0.05) is 22.0 Å². The molecule has 1 aromatic carbocycles. The number of nitrogens with zero attached hydrogens (tertiary/aromatic N) is 1. The van der Waals surface area contributed by atoms with E-state index < -0.39 is 0 Å². The molecule has 7 heteroatoms. The van der Waals surface area contributed by atoms with Gasteiger partial charge in [0.25, 0.3) is 5.91 Å². The Labute approximate surface area is 148 Å². The second-order valence-corrected chi connectivity index (χ2v) is 7.91. The number of hydrogen-bond donors (Lipinski definition) is 2. The lowest BCUT2D eigenvalue weighted by Crippen LogP contribution is -2.42. The first-order valence-electron chi connectivity index (χ1n) is 7.77. The number of rotatable bonds is 4. The summed E-state index contributed by atoms with van der Waals surface area (Å²) in [6.45, 7) is 2.22. The van der Waals surface area contributed by atoms with Gasteiger partial charge >= 0.3 is 0 Å². The molecule has 5 nitrogen and oxygen atoms in total. The van der Waals surface area contributed by atoms with Crippen LogP contribution in [0.4, 0.5) is 0 Å². The molecular weight excluding hydrogens is 378 g/mol. The zero-order valence-corrected chi connectivity index (χ0v) is 15.2. The predicted molar refractivity (Wildman–Crippen MR) is 95.4 cm³/mol. The van der Waals surface area contributed by atoms with Gasteiger partial charge in [0.05, 0.1) is 11.9 Å². The molecule has 3 rings (SSSR count). The smallest absolute Gasteiger partial charge is 0.251 e. The topological polar surface area (TPSA) is 61.4 Å². The Hall–Kier alpha value is -1.05. The molecule has 2 aliphatic rings. The van der Waals surface area contributed by atoms with Crippen LogP contribution in [0.25, 0.3) is 0 Å². The van der Waals surface area contributed by atoms with E-state index in [2.05, 4.69) is 26.6 Å². The molecule has 0 bridgehead atoms. The number of thioether (sulfide) groups is 1. The number of benzene rings is 1. The molecule has 2 unspecified atom stereocenters. The summed E-state index contributed by atoms with van der Waals surface area (Å²) in [5.41, 5.74) is 0.645. The first-order valence-corrected chi connectivity index (χ1v) is 9.72. The Bertz CT molecular complexity index is 592. The fourth-order valence-electron chi connectivity index (χ4n) is 2.93. The van der Waals surface area contributed by atoms with Crippen LogP contribution in [-0.4, -0.2) is 54.0 Å². The Morgan fingerprint density at radius 2 is 2.30 bits per heavy atom. The van der Waals surface area contributed by atoms with Crippen molar-refractivity contribution in [2.75, 3.05) is 31.3 Å². The summed E-state index contributed by atoms with van der Waals surface area (Å²) in [5.74, 6) is 2.27. The minimum atomic E-state index is -0.0959. The van der Waals surface area contributed by atoms with Crippen LogP contribution in [0.15, 0.2) is 28.7 Å². The fraction of sp³-hybridized carbons (Fsp3) is 0.500. The van der Waals surface area contributed by atoms with Crippen LogP contribution in [0.2, 0.25) is 0 Å². The quantitative estimate of drug-likeness (QED) is 0.811. The van der Waals surface area contributed by atoms with Crippen molar-refractivity contribution in [1.29, 1.82) is 0 Å². The molecule has 0 radical (unpaired) electrons. The molecular formula is C16H20BrN3O2S. The van der Waals surface area contributed by atoms with Crippen LogP contribution in [0.5, 0.6) is 0 Å². The number of hydrogen-bond acceptors (Lipinski definition) is 4. The number of nitrogens with one attached hydrogen (secondary N) is 2. The number of amides is 2. The normalized spacial score (nSPS) is 24.0. The maximum atomic E-state index is 12.3. The summed E-state index contributed by atoms with van der Waals surface area (Å²) >= 11 is 5.17. The van der Waals surface area contributed by atoms with Gasteiger partial charge in [-0.05, 0) is 30.5 Å². The molecule has 1 aromatic rings. The molecule has 2 saturated heterocycles. The van der Waals surface area contributed by atoms with Crippen LogP contribution >= 0.6 is 27.7 Å². The van der Waals surface area contributed by atoms with E-state index in [4.69, 9.17) is 0 Å². The highest BCUT2D eigenvalue weighted by molar-refractivity contribution is 9.10. The Balaban J connectivity index is 1.46. The minimum Gasteiger partial charge on any atom is -0.352 e. The maximum Gasteiger partial charge on any atom is 0.251 e.